The van der Waals surface area contributed by atoms with Gasteiger partial charge in [0.15, 0.2) is 6.61 Å². The molecule has 0 bridgehead atoms. The van der Waals surface area contributed by atoms with Crippen molar-refractivity contribution in [1.82, 2.24) is 5.32 Å². The number of aliphatic hydroxyl groups is 1. The first kappa shape index (κ1) is 17.5. The molecule has 2 atom stereocenters. The van der Waals surface area contributed by atoms with E-state index in [0.717, 1.165) is 30.5 Å². The van der Waals surface area contributed by atoms with Crippen LogP contribution in [-0.2, 0) is 0 Å². The minimum absolute atomic E-state index is 0.0501. The van der Waals surface area contributed by atoms with Crippen LogP contribution in [0.1, 0.15) is 43.0 Å². The van der Waals surface area contributed by atoms with E-state index >= 15 is 0 Å². The van der Waals surface area contributed by atoms with Crippen LogP contribution in [0.15, 0.2) is 54.6 Å². The molecule has 3 rings (SSSR count). The van der Waals surface area contributed by atoms with Gasteiger partial charge in [0, 0.05) is 18.0 Å². The van der Waals surface area contributed by atoms with Crippen molar-refractivity contribution in [1.29, 1.82) is 5.26 Å². The molecule has 0 aliphatic heterocycles. The third-order valence-corrected chi connectivity index (χ3v) is 5.03. The van der Waals surface area contributed by atoms with Crippen LogP contribution in [0.5, 0.6) is 5.75 Å². The van der Waals surface area contributed by atoms with Gasteiger partial charge in [-0.1, -0.05) is 42.5 Å². The highest BCUT2D eigenvalue weighted by Crippen LogP contribution is 2.54. The average molecular weight is 336 g/mol. The lowest BCUT2D eigenvalue weighted by Gasteiger charge is -2.25. The van der Waals surface area contributed by atoms with Gasteiger partial charge in [-0.2, -0.15) is 5.26 Å². The van der Waals surface area contributed by atoms with Crippen molar-refractivity contribution >= 4 is 0 Å². The summed E-state index contributed by atoms with van der Waals surface area (Å²) in [6.07, 6.45) is 1.67. The van der Waals surface area contributed by atoms with Gasteiger partial charge in [-0.25, -0.2) is 0 Å². The van der Waals surface area contributed by atoms with Gasteiger partial charge in [0.1, 0.15) is 11.8 Å². The molecule has 4 heteroatoms. The van der Waals surface area contributed by atoms with Gasteiger partial charge < -0.3 is 15.2 Å². The number of benzene rings is 2. The summed E-state index contributed by atoms with van der Waals surface area (Å²) in [6, 6.07) is 19.8. The largest absolute Gasteiger partial charge is 0.479 e. The van der Waals surface area contributed by atoms with Crippen molar-refractivity contribution in [3.63, 3.8) is 0 Å². The predicted molar refractivity (Wildman–Crippen MR) is 97.0 cm³/mol. The first-order chi connectivity index (χ1) is 12.1. The van der Waals surface area contributed by atoms with Gasteiger partial charge in [0.05, 0.1) is 6.10 Å². The summed E-state index contributed by atoms with van der Waals surface area (Å²) in [6.45, 7) is 2.97. The van der Waals surface area contributed by atoms with Crippen molar-refractivity contribution in [3.8, 4) is 11.8 Å². The Balaban J connectivity index is 1.57. The van der Waals surface area contributed by atoms with Crippen LogP contribution < -0.4 is 10.1 Å². The predicted octanol–water partition coefficient (Wildman–Crippen LogP) is 3.75. The Bertz CT molecular complexity index is 718. The van der Waals surface area contributed by atoms with Crippen LogP contribution in [0.4, 0.5) is 0 Å². The van der Waals surface area contributed by atoms with Gasteiger partial charge in [-0.15, -0.1) is 0 Å². The van der Waals surface area contributed by atoms with Gasteiger partial charge in [0.2, 0.25) is 0 Å². The van der Waals surface area contributed by atoms with Gasteiger partial charge in [-0.05, 0) is 43.0 Å². The Labute approximate surface area is 149 Å². The van der Waals surface area contributed by atoms with Crippen molar-refractivity contribution in [2.75, 3.05) is 13.2 Å². The van der Waals surface area contributed by atoms with Gasteiger partial charge >= 0.3 is 0 Å². The standard InChI is InChI=1S/C21H24N2O2/c1-16(17-7-9-19(10-8-17)25-14-13-22)23-15-21(11-12-21)20(24)18-5-3-2-4-6-18/h2-10,16,20,23-24H,11-12,14-15H2,1H3. The van der Waals surface area contributed by atoms with Crippen molar-refractivity contribution < 1.29 is 9.84 Å². The molecule has 0 spiro atoms. The maximum Gasteiger partial charge on any atom is 0.174 e. The summed E-state index contributed by atoms with van der Waals surface area (Å²) in [5, 5.41) is 22.8. The molecule has 2 unspecified atom stereocenters. The fraction of sp³-hybridized carbons (Fsp3) is 0.381. The maximum atomic E-state index is 10.7. The van der Waals surface area contributed by atoms with E-state index < -0.39 is 6.10 Å². The molecule has 25 heavy (non-hydrogen) atoms. The van der Waals surface area contributed by atoms with Crippen molar-refractivity contribution in [2.45, 2.75) is 31.9 Å². The van der Waals surface area contributed by atoms with Crippen LogP contribution >= 0.6 is 0 Å². The van der Waals surface area contributed by atoms with Gasteiger partial charge in [0.25, 0.3) is 0 Å². The summed E-state index contributed by atoms with van der Waals surface area (Å²) in [4.78, 5) is 0. The fourth-order valence-corrected chi connectivity index (χ4v) is 3.14. The second-order valence-electron chi connectivity index (χ2n) is 6.79. The number of nitriles is 1. The highest BCUT2D eigenvalue weighted by atomic mass is 16.5. The topological polar surface area (TPSA) is 65.3 Å². The number of rotatable bonds is 8. The summed E-state index contributed by atoms with van der Waals surface area (Å²) in [5.41, 5.74) is 2.11. The Hall–Kier alpha value is -2.35. The summed E-state index contributed by atoms with van der Waals surface area (Å²) >= 11 is 0. The minimum Gasteiger partial charge on any atom is -0.479 e. The molecular formula is C21H24N2O2. The Morgan fingerprint density at radius 1 is 1.12 bits per heavy atom. The third-order valence-electron chi connectivity index (χ3n) is 5.03. The minimum atomic E-state index is -0.421. The second kappa shape index (κ2) is 7.69. The van der Waals surface area contributed by atoms with E-state index in [-0.39, 0.29) is 18.1 Å². The lowest BCUT2D eigenvalue weighted by atomic mass is 9.92. The molecule has 130 valence electrons. The van der Waals surface area contributed by atoms with E-state index in [1.165, 1.54) is 0 Å². The molecule has 1 saturated carbocycles. The summed E-state index contributed by atoms with van der Waals surface area (Å²) in [7, 11) is 0. The number of hydrogen-bond acceptors (Lipinski definition) is 4. The molecule has 1 fully saturated rings. The van der Waals surface area contributed by atoms with E-state index in [9.17, 15) is 5.11 Å². The lowest BCUT2D eigenvalue weighted by molar-refractivity contribution is 0.0903. The molecule has 2 aromatic carbocycles. The quantitative estimate of drug-likeness (QED) is 0.770. The fourth-order valence-electron chi connectivity index (χ4n) is 3.14. The monoisotopic (exact) mass is 336 g/mol. The van der Waals surface area contributed by atoms with Crippen LogP contribution in [0.25, 0.3) is 0 Å². The lowest BCUT2D eigenvalue weighted by Crippen LogP contribution is -2.30. The molecule has 1 aliphatic carbocycles. The van der Waals surface area contributed by atoms with E-state index in [1.54, 1.807) is 0 Å². The van der Waals surface area contributed by atoms with Crippen molar-refractivity contribution in [2.24, 2.45) is 5.41 Å². The highest BCUT2D eigenvalue weighted by Gasteiger charge is 2.49. The number of aliphatic hydroxyl groups excluding tert-OH is 1. The first-order valence-corrected chi connectivity index (χ1v) is 8.71. The molecule has 0 saturated heterocycles. The number of nitrogens with one attached hydrogen (secondary N) is 1. The molecule has 2 aromatic rings. The van der Waals surface area contributed by atoms with Gasteiger partial charge in [-0.3, -0.25) is 0 Å². The van der Waals surface area contributed by atoms with E-state index in [2.05, 4.69) is 12.2 Å². The first-order valence-electron chi connectivity index (χ1n) is 8.71. The number of ether oxygens (including phenoxy) is 1. The SMILES string of the molecule is CC(NCC1(C(O)c2ccccc2)CC1)c1ccc(OCC#N)cc1. The smallest absolute Gasteiger partial charge is 0.174 e. The van der Waals surface area contributed by atoms with Crippen LogP contribution in [0, 0.1) is 16.7 Å². The van der Waals surface area contributed by atoms with E-state index in [4.69, 9.17) is 10.00 Å². The van der Waals surface area contributed by atoms with Crippen LogP contribution in [0.3, 0.4) is 0 Å². The molecule has 1 aliphatic rings. The zero-order valence-corrected chi connectivity index (χ0v) is 14.5. The van der Waals surface area contributed by atoms with Crippen molar-refractivity contribution in [3.05, 3.63) is 65.7 Å². The van der Waals surface area contributed by atoms with E-state index in [1.807, 2.05) is 60.7 Å². The normalized spacial score (nSPS) is 17.3. The zero-order chi connectivity index (χ0) is 17.7. The Kier molecular flexibility index (Phi) is 5.37. The molecule has 4 nitrogen and oxygen atoms in total. The molecule has 0 radical (unpaired) electrons. The molecule has 0 aromatic heterocycles. The number of hydrogen-bond donors (Lipinski definition) is 2. The summed E-state index contributed by atoms with van der Waals surface area (Å²) in [5.74, 6) is 0.704. The summed E-state index contributed by atoms with van der Waals surface area (Å²) < 4.78 is 5.28. The molecule has 0 amide bonds. The maximum absolute atomic E-state index is 10.7. The van der Waals surface area contributed by atoms with E-state index in [0.29, 0.717) is 5.75 Å². The Morgan fingerprint density at radius 2 is 1.80 bits per heavy atom. The number of nitrogens with zero attached hydrogens (tertiary/aromatic N) is 1. The second-order valence-corrected chi connectivity index (χ2v) is 6.79. The Morgan fingerprint density at radius 3 is 2.40 bits per heavy atom. The zero-order valence-electron chi connectivity index (χ0n) is 14.5. The molecule has 0 heterocycles. The average Bonchev–Trinajstić information content (AvgIpc) is 3.46. The molecule has 2 N–H and O–H groups in total. The third kappa shape index (κ3) is 4.19. The molecular weight excluding hydrogens is 312 g/mol. The van der Waals surface area contributed by atoms with Crippen LogP contribution in [0.2, 0.25) is 0 Å². The highest BCUT2D eigenvalue weighted by molar-refractivity contribution is 5.29. The van der Waals surface area contributed by atoms with Crippen LogP contribution in [-0.4, -0.2) is 18.3 Å².